The fourth-order valence-corrected chi connectivity index (χ4v) is 4.82. The lowest BCUT2D eigenvalue weighted by molar-refractivity contribution is -0.126. The van der Waals surface area contributed by atoms with Crippen molar-refractivity contribution in [3.05, 3.63) is 35.4 Å². The smallest absolute Gasteiger partial charge is 0.410 e. The summed E-state index contributed by atoms with van der Waals surface area (Å²) in [4.78, 5) is 26.5. The third kappa shape index (κ3) is 8.86. The van der Waals surface area contributed by atoms with Gasteiger partial charge < -0.3 is 15.0 Å². The van der Waals surface area contributed by atoms with Gasteiger partial charge in [0.1, 0.15) is 5.60 Å². The van der Waals surface area contributed by atoms with Crippen LogP contribution in [0, 0.1) is 5.92 Å². The molecule has 1 aliphatic heterocycles. The molecule has 174 valence electrons. The molecule has 1 unspecified atom stereocenters. The zero-order valence-corrected chi connectivity index (χ0v) is 19.9. The van der Waals surface area contributed by atoms with Gasteiger partial charge in [0.2, 0.25) is 15.9 Å². The molecule has 1 aromatic rings. The summed E-state index contributed by atoms with van der Waals surface area (Å²) in [5.41, 5.74) is 0.998. The van der Waals surface area contributed by atoms with Crippen LogP contribution < -0.4 is 10.0 Å². The van der Waals surface area contributed by atoms with E-state index in [2.05, 4.69) is 10.0 Å². The van der Waals surface area contributed by atoms with E-state index in [4.69, 9.17) is 4.74 Å². The van der Waals surface area contributed by atoms with E-state index >= 15 is 0 Å². The molecule has 9 heteroatoms. The van der Waals surface area contributed by atoms with Crippen molar-refractivity contribution in [2.24, 2.45) is 5.92 Å². The van der Waals surface area contributed by atoms with E-state index in [-0.39, 0.29) is 29.7 Å². The molecule has 1 fully saturated rings. The number of carbonyl (C=O) groups is 2. The molecule has 0 radical (unpaired) electrons. The third-order valence-corrected chi connectivity index (χ3v) is 6.25. The molecular weight excluding hydrogens is 418 g/mol. The highest BCUT2D eigenvalue weighted by Crippen LogP contribution is 2.20. The van der Waals surface area contributed by atoms with E-state index in [9.17, 15) is 18.0 Å². The van der Waals surface area contributed by atoms with Gasteiger partial charge in [0.25, 0.3) is 0 Å². The van der Waals surface area contributed by atoms with Crippen LogP contribution >= 0.6 is 0 Å². The fourth-order valence-electron chi connectivity index (χ4n) is 3.39. The van der Waals surface area contributed by atoms with E-state index < -0.39 is 15.6 Å². The Balaban J connectivity index is 1.86. The van der Waals surface area contributed by atoms with Crippen LogP contribution in [0.4, 0.5) is 4.79 Å². The van der Waals surface area contributed by atoms with E-state index in [1.165, 1.54) is 0 Å². The number of nitrogens with one attached hydrogen (secondary N) is 2. The molecule has 1 saturated heterocycles. The Morgan fingerprint density at radius 1 is 1.16 bits per heavy atom. The topological polar surface area (TPSA) is 105 Å². The molecule has 0 aromatic heterocycles. The molecule has 0 spiro atoms. The highest BCUT2D eigenvalue weighted by Gasteiger charge is 2.30. The molecule has 8 nitrogen and oxygen atoms in total. The number of ether oxygens (including phenoxy) is 1. The molecule has 31 heavy (non-hydrogen) atoms. The minimum atomic E-state index is -3.37. The van der Waals surface area contributed by atoms with E-state index in [1.807, 2.05) is 32.9 Å². The molecule has 2 N–H and O–H groups in total. The minimum Gasteiger partial charge on any atom is -0.444 e. The summed E-state index contributed by atoms with van der Waals surface area (Å²) in [6.07, 6.45) is 1.10. The number of carbonyl (C=O) groups excluding carboxylic acids is 2. The molecule has 2 amide bonds. The van der Waals surface area contributed by atoms with Crippen LogP contribution in [-0.2, 0) is 31.9 Å². The van der Waals surface area contributed by atoms with Crippen LogP contribution in [0.15, 0.2) is 24.3 Å². The first-order valence-electron chi connectivity index (χ1n) is 10.7. The lowest BCUT2D eigenvalue weighted by Crippen LogP contribution is -2.46. The van der Waals surface area contributed by atoms with Crippen molar-refractivity contribution >= 4 is 22.0 Å². The van der Waals surface area contributed by atoms with Gasteiger partial charge >= 0.3 is 6.09 Å². The monoisotopic (exact) mass is 453 g/mol. The summed E-state index contributed by atoms with van der Waals surface area (Å²) >= 11 is 0. The summed E-state index contributed by atoms with van der Waals surface area (Å²) in [7, 11) is -3.37. The van der Waals surface area contributed by atoms with Crippen molar-refractivity contribution in [1.82, 2.24) is 14.9 Å². The first kappa shape index (κ1) is 25.1. The highest BCUT2D eigenvalue weighted by molar-refractivity contribution is 7.88. The number of benzene rings is 1. The maximum absolute atomic E-state index is 12.6. The minimum absolute atomic E-state index is 0.0829. The molecular formula is C22H35N3O5S. The van der Waals surface area contributed by atoms with Gasteiger partial charge in [0.05, 0.1) is 11.7 Å². The number of hydrogen-bond acceptors (Lipinski definition) is 5. The summed E-state index contributed by atoms with van der Waals surface area (Å²) in [6.45, 7) is 10.3. The lowest BCUT2D eigenvalue weighted by Gasteiger charge is -2.33. The zero-order chi connectivity index (χ0) is 23.2. The van der Waals surface area contributed by atoms with Crippen LogP contribution in [0.5, 0.6) is 0 Å². The zero-order valence-electron chi connectivity index (χ0n) is 19.1. The Hall–Kier alpha value is -2.13. The summed E-state index contributed by atoms with van der Waals surface area (Å²) < 4.78 is 32.0. The van der Waals surface area contributed by atoms with Gasteiger partial charge in [-0.05, 0) is 58.6 Å². The highest BCUT2D eigenvalue weighted by atomic mass is 32.2. The van der Waals surface area contributed by atoms with Gasteiger partial charge in [-0.2, -0.15) is 0 Å². The van der Waals surface area contributed by atoms with E-state index in [1.54, 1.807) is 30.9 Å². The quantitative estimate of drug-likeness (QED) is 0.661. The molecule has 0 bridgehead atoms. The van der Waals surface area contributed by atoms with Crippen LogP contribution in [0.2, 0.25) is 0 Å². The number of rotatable bonds is 7. The molecule has 1 heterocycles. The lowest BCUT2D eigenvalue weighted by atomic mass is 9.97. The van der Waals surface area contributed by atoms with E-state index in [0.29, 0.717) is 25.2 Å². The maximum atomic E-state index is 12.6. The average Bonchev–Trinajstić information content (AvgIpc) is 2.64. The van der Waals surface area contributed by atoms with Crippen LogP contribution in [0.25, 0.3) is 0 Å². The van der Waals surface area contributed by atoms with Crippen molar-refractivity contribution in [1.29, 1.82) is 0 Å². The van der Waals surface area contributed by atoms with Gasteiger partial charge in [0, 0.05) is 25.7 Å². The Kier molecular flexibility index (Phi) is 8.48. The van der Waals surface area contributed by atoms with Crippen LogP contribution in [0.1, 0.15) is 58.6 Å². The molecule has 1 atom stereocenters. The van der Waals surface area contributed by atoms with Crippen LogP contribution in [0.3, 0.4) is 0 Å². The van der Waals surface area contributed by atoms with Gasteiger partial charge in [-0.3, -0.25) is 4.79 Å². The first-order valence-corrected chi connectivity index (χ1v) is 12.3. The molecule has 0 aliphatic carbocycles. The van der Waals surface area contributed by atoms with Crippen molar-refractivity contribution in [3.8, 4) is 0 Å². The molecule has 0 saturated carbocycles. The number of hydrogen-bond donors (Lipinski definition) is 2. The molecule has 1 aliphatic rings. The van der Waals surface area contributed by atoms with Gasteiger partial charge in [0.15, 0.2) is 0 Å². The van der Waals surface area contributed by atoms with E-state index in [0.717, 1.165) is 18.4 Å². The second-order valence-corrected chi connectivity index (χ2v) is 11.1. The predicted octanol–water partition coefficient (Wildman–Crippen LogP) is 2.78. The number of likely N-dealkylation sites (tertiary alicyclic amines) is 1. The van der Waals surface area contributed by atoms with Gasteiger partial charge in [-0.15, -0.1) is 0 Å². The van der Waals surface area contributed by atoms with Crippen molar-refractivity contribution < 1.29 is 22.7 Å². The summed E-state index contributed by atoms with van der Waals surface area (Å²) in [5.74, 6) is -0.450. The third-order valence-electron chi connectivity index (χ3n) is 4.71. The van der Waals surface area contributed by atoms with Crippen molar-refractivity contribution in [2.45, 2.75) is 71.4 Å². The standard InChI is InChI=1S/C22H35N3O5S/c1-16(2)24-31(28,29)15-18-10-8-17(9-11-18)13-23-20(26)19-7-6-12-25(14-19)21(27)30-22(3,4)5/h8-11,16,19,24H,6-7,12-15H2,1-5H3,(H,23,26). The number of sulfonamides is 1. The van der Waals surface area contributed by atoms with Crippen molar-refractivity contribution in [2.75, 3.05) is 13.1 Å². The van der Waals surface area contributed by atoms with Crippen molar-refractivity contribution in [3.63, 3.8) is 0 Å². The largest absolute Gasteiger partial charge is 0.444 e. The second kappa shape index (κ2) is 10.5. The number of amides is 2. The maximum Gasteiger partial charge on any atom is 0.410 e. The molecule has 1 aromatic carbocycles. The first-order chi connectivity index (χ1) is 14.3. The Bertz CT molecular complexity index is 860. The summed E-state index contributed by atoms with van der Waals surface area (Å²) in [5, 5.41) is 2.92. The van der Waals surface area contributed by atoms with Gasteiger partial charge in [-0.25, -0.2) is 17.9 Å². The SMILES string of the molecule is CC(C)NS(=O)(=O)Cc1ccc(CNC(=O)C2CCCN(C(=O)OC(C)(C)C)C2)cc1. The second-order valence-electron chi connectivity index (χ2n) is 9.33. The number of piperidine rings is 1. The number of nitrogens with zero attached hydrogens (tertiary/aromatic N) is 1. The summed E-state index contributed by atoms with van der Waals surface area (Å²) in [6, 6.07) is 6.99. The van der Waals surface area contributed by atoms with Crippen LogP contribution in [-0.4, -0.2) is 50.1 Å². The predicted molar refractivity (Wildman–Crippen MR) is 120 cm³/mol. The fraction of sp³-hybridized carbons (Fsp3) is 0.636. The molecule has 2 rings (SSSR count). The normalized spacial score (nSPS) is 17.5. The Morgan fingerprint density at radius 2 is 1.77 bits per heavy atom. The van der Waals surface area contributed by atoms with Gasteiger partial charge in [-0.1, -0.05) is 24.3 Å². The average molecular weight is 454 g/mol. The Labute approximate surface area is 185 Å². The Morgan fingerprint density at radius 3 is 2.35 bits per heavy atom.